The van der Waals surface area contributed by atoms with Crippen LogP contribution in [0.1, 0.15) is 0 Å². The largest absolute Gasteiger partial charge is 0.309 e. The first-order valence-corrected chi connectivity index (χ1v) is 25.2. The third-order valence-electron chi connectivity index (χ3n) is 14.0. The van der Waals surface area contributed by atoms with Crippen LogP contribution in [0.4, 0.5) is 0 Å². The minimum Gasteiger partial charge on any atom is -0.309 e. The molecule has 0 amide bonds. The molecule has 0 radical (unpaired) electrons. The quantitative estimate of drug-likeness (QED) is 0.167. The molecular weight excluding hydrogens is 891 g/mol. The van der Waals surface area contributed by atoms with Crippen LogP contribution in [-0.2, 0) is 0 Å². The normalized spacial score (nSPS) is 12.0. The molecule has 0 N–H and O–H groups in total. The minimum atomic E-state index is 0.637. The summed E-state index contributed by atoms with van der Waals surface area (Å²) in [6, 6.07) is 80.6. The van der Waals surface area contributed by atoms with Gasteiger partial charge in [0.2, 0.25) is 0 Å². The van der Waals surface area contributed by atoms with Crippen molar-refractivity contribution in [3.8, 4) is 56.7 Å². The lowest BCUT2D eigenvalue weighted by Crippen LogP contribution is -2.01. The first kappa shape index (κ1) is 39.3. The first-order chi connectivity index (χ1) is 34.7. The smallest absolute Gasteiger partial charge is 0.166 e. The van der Waals surface area contributed by atoms with Crippen molar-refractivity contribution in [1.29, 1.82) is 0 Å². The van der Waals surface area contributed by atoms with Gasteiger partial charge in [0.15, 0.2) is 17.5 Å². The second kappa shape index (κ2) is 15.4. The monoisotopic (exact) mass is 927 g/mol. The molecule has 0 spiro atoms. The molecule has 5 aromatic heterocycles. The van der Waals surface area contributed by atoms with E-state index in [0.29, 0.717) is 17.5 Å². The van der Waals surface area contributed by atoms with Crippen LogP contribution in [0.3, 0.4) is 0 Å². The molecule has 7 heteroatoms. The number of thiophene rings is 2. The van der Waals surface area contributed by atoms with Crippen molar-refractivity contribution in [2.24, 2.45) is 0 Å². The van der Waals surface area contributed by atoms with E-state index in [0.717, 1.165) is 43.9 Å². The number of para-hydroxylation sites is 4. The summed E-state index contributed by atoms with van der Waals surface area (Å²) in [5, 5.41) is 9.89. The molecule has 0 atom stereocenters. The fourth-order valence-corrected chi connectivity index (χ4v) is 13.3. The Morgan fingerprint density at radius 1 is 0.314 bits per heavy atom. The molecule has 0 saturated carbocycles. The van der Waals surface area contributed by atoms with Gasteiger partial charge in [-0.1, -0.05) is 170 Å². The average Bonchev–Trinajstić information content (AvgIpc) is 4.19. The van der Waals surface area contributed by atoms with Crippen molar-refractivity contribution < 1.29 is 0 Å². The predicted molar refractivity (Wildman–Crippen MR) is 296 cm³/mol. The number of fused-ring (bicyclic) bond motifs is 14. The first-order valence-electron chi connectivity index (χ1n) is 23.5. The highest BCUT2D eigenvalue weighted by Gasteiger charge is 2.25. The third kappa shape index (κ3) is 5.86. The fraction of sp³-hybridized carbons (Fsp3) is 0. The van der Waals surface area contributed by atoms with Crippen LogP contribution in [0.5, 0.6) is 0 Å². The number of aromatic nitrogens is 5. The molecule has 10 aromatic carbocycles. The van der Waals surface area contributed by atoms with Gasteiger partial charge in [-0.15, -0.1) is 22.7 Å². The van der Waals surface area contributed by atoms with Gasteiger partial charge in [-0.2, -0.15) is 0 Å². The van der Waals surface area contributed by atoms with E-state index in [1.165, 1.54) is 79.3 Å². The summed E-state index contributed by atoms with van der Waals surface area (Å²) >= 11 is 3.68. The van der Waals surface area contributed by atoms with E-state index in [1.54, 1.807) is 0 Å². The highest BCUT2D eigenvalue weighted by atomic mass is 32.1. The Morgan fingerprint density at radius 3 is 1.34 bits per heavy atom. The maximum Gasteiger partial charge on any atom is 0.166 e. The van der Waals surface area contributed by atoms with E-state index in [4.69, 9.17) is 15.0 Å². The van der Waals surface area contributed by atoms with E-state index < -0.39 is 0 Å². The van der Waals surface area contributed by atoms with Crippen molar-refractivity contribution in [2.75, 3.05) is 0 Å². The summed E-state index contributed by atoms with van der Waals surface area (Å²) in [6.07, 6.45) is 0. The van der Waals surface area contributed by atoms with Crippen LogP contribution >= 0.6 is 22.7 Å². The summed E-state index contributed by atoms with van der Waals surface area (Å²) in [5.74, 6) is 1.92. The van der Waals surface area contributed by atoms with Crippen LogP contribution in [0.25, 0.3) is 141 Å². The average molecular weight is 928 g/mol. The van der Waals surface area contributed by atoms with Gasteiger partial charge < -0.3 is 9.13 Å². The van der Waals surface area contributed by atoms with Crippen molar-refractivity contribution in [3.05, 3.63) is 224 Å². The number of nitrogens with zero attached hydrogens (tertiary/aromatic N) is 5. The Morgan fingerprint density at radius 2 is 0.771 bits per heavy atom. The van der Waals surface area contributed by atoms with Crippen molar-refractivity contribution in [3.63, 3.8) is 0 Å². The van der Waals surface area contributed by atoms with Crippen LogP contribution in [0.15, 0.2) is 224 Å². The minimum absolute atomic E-state index is 0.637. The van der Waals surface area contributed by atoms with Gasteiger partial charge >= 0.3 is 0 Å². The number of hydrogen-bond acceptors (Lipinski definition) is 5. The summed E-state index contributed by atoms with van der Waals surface area (Å²) in [7, 11) is 0. The predicted octanol–water partition coefficient (Wildman–Crippen LogP) is 17.5. The molecule has 70 heavy (non-hydrogen) atoms. The molecular formula is C63H37N5S2. The molecule has 0 aliphatic heterocycles. The summed E-state index contributed by atoms with van der Waals surface area (Å²) < 4.78 is 9.73. The van der Waals surface area contributed by atoms with Gasteiger partial charge in [0.05, 0.1) is 22.1 Å². The van der Waals surface area contributed by atoms with Gasteiger partial charge in [0.1, 0.15) is 0 Å². The van der Waals surface area contributed by atoms with Crippen LogP contribution in [0, 0.1) is 0 Å². The second-order valence-electron chi connectivity index (χ2n) is 17.9. The maximum atomic E-state index is 5.44. The molecule has 0 saturated heterocycles. The van der Waals surface area contributed by atoms with Gasteiger partial charge in [-0.05, 0) is 65.7 Å². The Kier molecular flexibility index (Phi) is 8.63. The zero-order valence-electron chi connectivity index (χ0n) is 37.4. The Bertz CT molecular complexity index is 4510. The van der Waals surface area contributed by atoms with Crippen molar-refractivity contribution >= 4 is 107 Å². The summed E-state index contributed by atoms with van der Waals surface area (Å²) in [5.41, 5.74) is 12.2. The standard InChI is InChI=1S/C63H37N5S2/c1-5-17-38(18-6-1)61-64-62(39-19-7-2-8-20-39)66-63(65-61)57-43(31-32-49-56-53(70-60(49)57)36-34-47-45-26-14-16-28-51(45)68(59(47)56)42-23-11-4-12-24-42)40-29-30-48-54(37-40)69-52-35-33-46-44-25-13-15-27-50(44)67(58(46)55(48)52)41-21-9-3-10-22-41/h1-37H. The SMILES string of the molecule is c1ccc(-c2nc(-c3ccccc3)nc(-c3c(-c4ccc5c(c4)sc4ccc6c7ccccc7n(-c7ccccc7)c6c45)ccc4c3sc3ccc5c6ccccc6n(-c6ccccc6)c5c34)n2)cc1. The van der Waals surface area contributed by atoms with E-state index in [9.17, 15) is 0 Å². The summed E-state index contributed by atoms with van der Waals surface area (Å²) in [6.45, 7) is 0. The lowest BCUT2D eigenvalue weighted by molar-refractivity contribution is 1.08. The molecule has 0 aliphatic rings. The Labute approximate surface area is 409 Å². The molecule has 5 heterocycles. The number of hydrogen-bond donors (Lipinski definition) is 0. The van der Waals surface area contributed by atoms with Crippen molar-refractivity contribution in [2.45, 2.75) is 0 Å². The fourth-order valence-electron chi connectivity index (χ4n) is 10.9. The summed E-state index contributed by atoms with van der Waals surface area (Å²) in [4.78, 5) is 16.0. The van der Waals surface area contributed by atoms with Gasteiger partial charge in [0, 0.05) is 90.0 Å². The zero-order valence-corrected chi connectivity index (χ0v) is 39.0. The number of rotatable bonds is 6. The van der Waals surface area contributed by atoms with Crippen LogP contribution < -0.4 is 0 Å². The molecule has 15 rings (SSSR count). The van der Waals surface area contributed by atoms with E-state index >= 15 is 0 Å². The number of benzene rings is 10. The lowest BCUT2D eigenvalue weighted by Gasteiger charge is -2.14. The Hall–Kier alpha value is -8.75. The highest BCUT2D eigenvalue weighted by Crippen LogP contribution is 2.50. The van der Waals surface area contributed by atoms with Gasteiger partial charge in [-0.25, -0.2) is 15.0 Å². The topological polar surface area (TPSA) is 48.5 Å². The third-order valence-corrected chi connectivity index (χ3v) is 16.3. The van der Waals surface area contributed by atoms with Crippen molar-refractivity contribution in [1.82, 2.24) is 24.1 Å². The second-order valence-corrected chi connectivity index (χ2v) is 20.0. The molecule has 5 nitrogen and oxygen atoms in total. The van der Waals surface area contributed by atoms with E-state index in [1.807, 2.05) is 59.1 Å². The van der Waals surface area contributed by atoms with Crippen LogP contribution in [0.2, 0.25) is 0 Å². The molecule has 0 bridgehead atoms. The Balaban J connectivity index is 1.04. The van der Waals surface area contributed by atoms with E-state index in [-0.39, 0.29) is 0 Å². The highest BCUT2D eigenvalue weighted by molar-refractivity contribution is 7.26. The molecule has 326 valence electrons. The maximum absolute atomic E-state index is 5.44. The molecule has 0 aliphatic carbocycles. The van der Waals surface area contributed by atoms with Crippen LogP contribution in [-0.4, -0.2) is 24.1 Å². The molecule has 0 unspecified atom stereocenters. The molecule has 0 fully saturated rings. The van der Waals surface area contributed by atoms with Gasteiger partial charge in [0.25, 0.3) is 0 Å². The van der Waals surface area contributed by atoms with E-state index in [2.05, 4.69) is 197 Å². The lowest BCUT2D eigenvalue weighted by atomic mass is 9.95. The zero-order chi connectivity index (χ0) is 45.9. The van der Waals surface area contributed by atoms with Gasteiger partial charge in [-0.3, -0.25) is 0 Å². The molecule has 15 aromatic rings.